The molecule has 0 radical (unpaired) electrons. The quantitative estimate of drug-likeness (QED) is 0.429. The largest absolute Gasteiger partial charge is 0.497 e. The topological polar surface area (TPSA) is 72.9 Å². The van der Waals surface area contributed by atoms with Gasteiger partial charge in [0.1, 0.15) is 5.75 Å². The average Bonchev–Trinajstić information content (AvgIpc) is 2.93. The Hall–Kier alpha value is -3.41. The minimum atomic E-state index is -0.534. The lowest BCUT2D eigenvalue weighted by Crippen LogP contribution is -2.29. The molecule has 1 aliphatic heterocycles. The lowest BCUT2D eigenvalue weighted by atomic mass is 10.1. The molecule has 6 nitrogen and oxygen atoms in total. The zero-order valence-electron chi connectivity index (χ0n) is 14.9. The molecular formula is C21H19NO5. The number of rotatable bonds is 7. The van der Waals surface area contributed by atoms with Gasteiger partial charge in [0.15, 0.2) is 0 Å². The summed E-state index contributed by atoms with van der Waals surface area (Å²) in [5.41, 5.74) is 1.76. The van der Waals surface area contributed by atoms with Crippen molar-refractivity contribution in [3.05, 3.63) is 77.4 Å². The summed E-state index contributed by atoms with van der Waals surface area (Å²) in [6.45, 7) is 3.88. The summed E-state index contributed by atoms with van der Waals surface area (Å²) in [6, 6.07) is 11.9. The third kappa shape index (κ3) is 3.74. The van der Waals surface area contributed by atoms with Crippen LogP contribution in [-0.2, 0) is 11.2 Å². The highest BCUT2D eigenvalue weighted by Gasteiger charge is 2.35. The Kier molecular flexibility index (Phi) is 5.35. The van der Waals surface area contributed by atoms with E-state index >= 15 is 0 Å². The summed E-state index contributed by atoms with van der Waals surface area (Å²) < 4.78 is 10.4. The van der Waals surface area contributed by atoms with E-state index in [-0.39, 0.29) is 35.7 Å². The molecule has 3 rings (SSSR count). The van der Waals surface area contributed by atoms with Gasteiger partial charge in [-0.05, 0) is 35.9 Å². The summed E-state index contributed by atoms with van der Waals surface area (Å²) in [7, 11) is 1.60. The molecule has 0 saturated carbocycles. The van der Waals surface area contributed by atoms with Crippen LogP contribution in [0.2, 0.25) is 0 Å². The van der Waals surface area contributed by atoms with Crippen LogP contribution in [0.5, 0.6) is 5.75 Å². The molecule has 0 N–H and O–H groups in total. The number of carbonyl (C=O) groups is 3. The highest BCUT2D eigenvalue weighted by atomic mass is 16.5. The van der Waals surface area contributed by atoms with Crippen LogP contribution in [0.4, 0.5) is 0 Å². The molecule has 2 aromatic rings. The van der Waals surface area contributed by atoms with Gasteiger partial charge in [-0.3, -0.25) is 14.5 Å². The van der Waals surface area contributed by atoms with E-state index in [2.05, 4.69) is 6.58 Å². The minimum absolute atomic E-state index is 0.133. The summed E-state index contributed by atoms with van der Waals surface area (Å²) >= 11 is 0. The van der Waals surface area contributed by atoms with E-state index in [1.54, 1.807) is 7.11 Å². The first kappa shape index (κ1) is 18.4. The smallest absolute Gasteiger partial charge is 0.338 e. The van der Waals surface area contributed by atoms with Crippen molar-refractivity contribution in [1.82, 2.24) is 4.90 Å². The average molecular weight is 365 g/mol. The second kappa shape index (κ2) is 7.86. The number of esters is 1. The van der Waals surface area contributed by atoms with Gasteiger partial charge in [-0.2, -0.15) is 0 Å². The van der Waals surface area contributed by atoms with E-state index < -0.39 is 11.9 Å². The molecule has 0 fully saturated rings. The van der Waals surface area contributed by atoms with Crippen LogP contribution in [0.25, 0.3) is 0 Å². The summed E-state index contributed by atoms with van der Waals surface area (Å²) in [5.74, 6) is -0.579. The molecule has 138 valence electrons. The molecule has 2 aromatic carbocycles. The van der Waals surface area contributed by atoms with Crippen LogP contribution in [-0.4, -0.2) is 42.9 Å². The first-order valence-electron chi connectivity index (χ1n) is 8.46. The molecule has 0 aliphatic carbocycles. The number of fused-ring (bicyclic) bond motifs is 1. The maximum Gasteiger partial charge on any atom is 0.338 e. The Morgan fingerprint density at radius 1 is 1.07 bits per heavy atom. The molecule has 0 bridgehead atoms. The molecule has 1 heterocycles. The zero-order valence-corrected chi connectivity index (χ0v) is 14.9. The number of hydrogen-bond acceptors (Lipinski definition) is 5. The Morgan fingerprint density at radius 2 is 1.78 bits per heavy atom. The van der Waals surface area contributed by atoms with Crippen LogP contribution in [0.3, 0.4) is 0 Å². The van der Waals surface area contributed by atoms with Gasteiger partial charge in [0.25, 0.3) is 11.8 Å². The van der Waals surface area contributed by atoms with Gasteiger partial charge in [-0.25, -0.2) is 4.79 Å². The fourth-order valence-corrected chi connectivity index (χ4v) is 2.85. The molecule has 1 aliphatic rings. The minimum Gasteiger partial charge on any atom is -0.497 e. The number of benzene rings is 2. The van der Waals surface area contributed by atoms with Crippen LogP contribution < -0.4 is 4.74 Å². The zero-order chi connectivity index (χ0) is 19.4. The van der Waals surface area contributed by atoms with Crippen molar-refractivity contribution in [2.45, 2.75) is 6.42 Å². The predicted molar refractivity (Wildman–Crippen MR) is 99.0 cm³/mol. The van der Waals surface area contributed by atoms with Gasteiger partial charge < -0.3 is 9.47 Å². The predicted octanol–water partition coefficient (Wildman–Crippen LogP) is 2.88. The van der Waals surface area contributed by atoms with E-state index in [1.165, 1.54) is 24.3 Å². The normalized spacial score (nSPS) is 12.7. The van der Waals surface area contributed by atoms with E-state index in [1.807, 2.05) is 24.3 Å². The van der Waals surface area contributed by atoms with Gasteiger partial charge in [-0.1, -0.05) is 18.2 Å². The van der Waals surface area contributed by atoms with Gasteiger partial charge >= 0.3 is 5.97 Å². The second-order valence-electron chi connectivity index (χ2n) is 6.00. The van der Waals surface area contributed by atoms with Crippen molar-refractivity contribution in [3.8, 4) is 5.75 Å². The molecule has 6 heteroatoms. The Bertz CT molecular complexity index is 901. The van der Waals surface area contributed by atoms with Crippen molar-refractivity contribution < 1.29 is 23.9 Å². The molecular weight excluding hydrogens is 346 g/mol. The Balaban J connectivity index is 1.64. The van der Waals surface area contributed by atoms with E-state index in [4.69, 9.17) is 9.47 Å². The molecule has 0 spiro atoms. The highest BCUT2D eigenvalue weighted by molar-refractivity contribution is 6.22. The van der Waals surface area contributed by atoms with Crippen LogP contribution in [0, 0.1) is 0 Å². The van der Waals surface area contributed by atoms with Crippen molar-refractivity contribution >= 4 is 17.8 Å². The van der Waals surface area contributed by atoms with Crippen LogP contribution in [0.1, 0.15) is 36.6 Å². The molecule has 0 unspecified atom stereocenters. The Morgan fingerprint density at radius 3 is 2.44 bits per heavy atom. The third-order valence-electron chi connectivity index (χ3n) is 4.30. The molecule has 0 atom stereocenters. The van der Waals surface area contributed by atoms with Crippen molar-refractivity contribution in [2.24, 2.45) is 0 Å². The molecule has 0 aromatic heterocycles. The van der Waals surface area contributed by atoms with Crippen molar-refractivity contribution in [3.63, 3.8) is 0 Å². The summed E-state index contributed by atoms with van der Waals surface area (Å²) in [4.78, 5) is 37.9. The third-order valence-corrected chi connectivity index (χ3v) is 4.30. The van der Waals surface area contributed by atoms with E-state index in [9.17, 15) is 14.4 Å². The number of ether oxygens (including phenoxy) is 2. The van der Waals surface area contributed by atoms with Crippen LogP contribution >= 0.6 is 0 Å². The van der Waals surface area contributed by atoms with Gasteiger partial charge in [0.2, 0.25) is 0 Å². The molecule has 0 saturated heterocycles. The van der Waals surface area contributed by atoms with Crippen molar-refractivity contribution in [2.75, 3.05) is 20.3 Å². The van der Waals surface area contributed by atoms with E-state index in [0.717, 1.165) is 16.2 Å². The number of imide groups is 1. The Labute approximate surface area is 157 Å². The monoisotopic (exact) mass is 365 g/mol. The first-order valence-corrected chi connectivity index (χ1v) is 8.46. The lowest BCUT2D eigenvalue weighted by Gasteiger charge is -2.09. The van der Waals surface area contributed by atoms with E-state index in [0.29, 0.717) is 6.42 Å². The van der Waals surface area contributed by atoms with Gasteiger partial charge in [-0.15, -0.1) is 6.58 Å². The second-order valence-corrected chi connectivity index (χ2v) is 6.00. The fourth-order valence-electron chi connectivity index (χ4n) is 2.85. The number of amides is 2. The first-order chi connectivity index (χ1) is 13.0. The maximum atomic E-state index is 12.3. The SMILES string of the molecule is C=CCN1C(=O)c2ccc(C(=O)OCCc3ccc(OC)cc3)cc2C1=O. The summed E-state index contributed by atoms with van der Waals surface area (Å²) in [6.07, 6.45) is 2.04. The lowest BCUT2D eigenvalue weighted by molar-refractivity contribution is 0.0508. The van der Waals surface area contributed by atoms with Crippen LogP contribution in [0.15, 0.2) is 55.1 Å². The van der Waals surface area contributed by atoms with Gasteiger partial charge in [0, 0.05) is 13.0 Å². The van der Waals surface area contributed by atoms with Gasteiger partial charge in [0.05, 0.1) is 30.4 Å². The highest BCUT2D eigenvalue weighted by Crippen LogP contribution is 2.24. The number of carbonyl (C=O) groups excluding carboxylic acids is 3. The standard InChI is InChI=1S/C21H19NO5/c1-3-11-22-19(23)17-9-6-15(13-18(17)20(22)24)21(25)27-12-10-14-4-7-16(26-2)8-5-14/h3-9,13H,1,10-12H2,2H3. The number of methoxy groups -OCH3 is 1. The molecule has 27 heavy (non-hydrogen) atoms. The number of hydrogen-bond donors (Lipinski definition) is 0. The fraction of sp³-hybridized carbons (Fsp3) is 0.190. The molecule has 2 amide bonds. The van der Waals surface area contributed by atoms with Crippen molar-refractivity contribution in [1.29, 1.82) is 0 Å². The summed E-state index contributed by atoms with van der Waals surface area (Å²) in [5, 5.41) is 0. The number of nitrogens with zero attached hydrogens (tertiary/aromatic N) is 1. The maximum absolute atomic E-state index is 12.3.